The Morgan fingerprint density at radius 3 is 2.52 bits per heavy atom. The van der Waals surface area contributed by atoms with Crippen molar-refractivity contribution in [2.24, 2.45) is 0 Å². The SMILES string of the molecule is COc1cccc(CN(C(=O)Cc2ccc(Cl)c(Cl)c2)C(C)C(=O)NC2CCCC2)c1. The summed E-state index contributed by atoms with van der Waals surface area (Å²) in [5, 5.41) is 3.95. The molecule has 1 N–H and O–H groups in total. The lowest BCUT2D eigenvalue weighted by Crippen LogP contribution is -2.50. The summed E-state index contributed by atoms with van der Waals surface area (Å²) in [6.07, 6.45) is 4.37. The van der Waals surface area contributed by atoms with E-state index in [2.05, 4.69) is 5.32 Å². The van der Waals surface area contributed by atoms with Crippen LogP contribution in [-0.2, 0) is 22.6 Å². The Bertz CT molecular complexity index is 929. The van der Waals surface area contributed by atoms with Crippen molar-refractivity contribution in [3.05, 3.63) is 63.6 Å². The largest absolute Gasteiger partial charge is 0.497 e. The molecule has 0 saturated heterocycles. The van der Waals surface area contributed by atoms with E-state index in [1.54, 1.807) is 37.1 Å². The van der Waals surface area contributed by atoms with E-state index in [9.17, 15) is 9.59 Å². The standard InChI is InChI=1S/C24H28Cl2N2O3/c1-16(24(30)27-19-7-3-4-8-19)28(15-18-6-5-9-20(12-18)31-2)23(29)14-17-10-11-21(25)22(26)13-17/h5-6,9-13,16,19H,3-4,7-8,14-15H2,1-2H3,(H,27,30). The van der Waals surface area contributed by atoms with Gasteiger partial charge in [0, 0.05) is 12.6 Å². The van der Waals surface area contributed by atoms with Crippen LogP contribution in [0, 0.1) is 0 Å². The van der Waals surface area contributed by atoms with Gasteiger partial charge in [0.15, 0.2) is 0 Å². The lowest BCUT2D eigenvalue weighted by Gasteiger charge is -2.30. The fourth-order valence-corrected chi connectivity index (χ4v) is 4.19. The van der Waals surface area contributed by atoms with Gasteiger partial charge in [-0.25, -0.2) is 0 Å². The van der Waals surface area contributed by atoms with E-state index in [0.29, 0.717) is 22.3 Å². The number of halogens is 2. The predicted octanol–water partition coefficient (Wildman–Crippen LogP) is 5.02. The van der Waals surface area contributed by atoms with Crippen LogP contribution in [-0.4, -0.2) is 35.9 Å². The summed E-state index contributed by atoms with van der Waals surface area (Å²) >= 11 is 12.1. The molecule has 1 atom stereocenters. The maximum absolute atomic E-state index is 13.3. The summed E-state index contributed by atoms with van der Waals surface area (Å²) in [6, 6.07) is 12.2. The van der Waals surface area contributed by atoms with E-state index in [1.807, 2.05) is 24.3 Å². The van der Waals surface area contributed by atoms with Crippen molar-refractivity contribution in [1.82, 2.24) is 10.2 Å². The molecular formula is C24H28Cl2N2O3. The van der Waals surface area contributed by atoms with Crippen LogP contribution in [0.15, 0.2) is 42.5 Å². The molecule has 0 aromatic heterocycles. The van der Waals surface area contributed by atoms with Crippen molar-refractivity contribution in [3.63, 3.8) is 0 Å². The molecule has 0 aliphatic heterocycles. The van der Waals surface area contributed by atoms with E-state index >= 15 is 0 Å². The first kappa shape index (κ1) is 23.4. The Hall–Kier alpha value is -2.24. The highest BCUT2D eigenvalue weighted by molar-refractivity contribution is 6.42. The Labute approximate surface area is 193 Å². The number of nitrogens with one attached hydrogen (secondary N) is 1. The molecule has 0 radical (unpaired) electrons. The van der Waals surface area contributed by atoms with E-state index in [-0.39, 0.29) is 24.3 Å². The number of benzene rings is 2. The van der Waals surface area contributed by atoms with Crippen LogP contribution in [0.3, 0.4) is 0 Å². The zero-order chi connectivity index (χ0) is 22.4. The molecule has 2 amide bonds. The van der Waals surface area contributed by atoms with Gasteiger partial charge in [0.2, 0.25) is 11.8 Å². The molecule has 2 aromatic carbocycles. The molecule has 1 fully saturated rings. The Kier molecular flexibility index (Phi) is 8.22. The molecule has 7 heteroatoms. The van der Waals surface area contributed by atoms with Crippen LogP contribution in [0.4, 0.5) is 0 Å². The predicted molar refractivity (Wildman–Crippen MR) is 124 cm³/mol. The maximum atomic E-state index is 13.3. The molecule has 1 saturated carbocycles. The van der Waals surface area contributed by atoms with Gasteiger partial charge in [-0.1, -0.05) is 54.2 Å². The topological polar surface area (TPSA) is 58.6 Å². The number of carbonyl (C=O) groups is 2. The Morgan fingerprint density at radius 1 is 1.10 bits per heavy atom. The Balaban J connectivity index is 1.79. The molecule has 1 unspecified atom stereocenters. The first-order chi connectivity index (χ1) is 14.9. The molecule has 166 valence electrons. The van der Waals surface area contributed by atoms with Crippen LogP contribution in [0.1, 0.15) is 43.7 Å². The normalized spacial score (nSPS) is 14.8. The molecule has 0 spiro atoms. The van der Waals surface area contributed by atoms with Crippen molar-refractivity contribution in [1.29, 1.82) is 0 Å². The highest BCUT2D eigenvalue weighted by Gasteiger charge is 2.28. The zero-order valence-electron chi connectivity index (χ0n) is 17.9. The maximum Gasteiger partial charge on any atom is 0.242 e. The van der Waals surface area contributed by atoms with Crippen molar-refractivity contribution in [3.8, 4) is 5.75 Å². The minimum atomic E-state index is -0.609. The minimum Gasteiger partial charge on any atom is -0.497 e. The third-order valence-electron chi connectivity index (χ3n) is 5.70. The van der Waals surface area contributed by atoms with Crippen molar-refractivity contribution >= 4 is 35.0 Å². The fraction of sp³-hybridized carbons (Fsp3) is 0.417. The van der Waals surface area contributed by atoms with Gasteiger partial charge in [-0.3, -0.25) is 9.59 Å². The number of ether oxygens (including phenoxy) is 1. The second kappa shape index (κ2) is 10.9. The monoisotopic (exact) mass is 462 g/mol. The molecular weight excluding hydrogens is 435 g/mol. The van der Waals surface area contributed by atoms with E-state index in [1.165, 1.54) is 0 Å². The number of hydrogen-bond donors (Lipinski definition) is 1. The van der Waals surface area contributed by atoms with Gasteiger partial charge >= 0.3 is 0 Å². The summed E-state index contributed by atoms with van der Waals surface area (Å²) in [7, 11) is 1.60. The average Bonchev–Trinajstić information content (AvgIpc) is 3.27. The molecule has 3 rings (SSSR count). The molecule has 0 bridgehead atoms. The minimum absolute atomic E-state index is 0.127. The zero-order valence-corrected chi connectivity index (χ0v) is 19.4. The number of nitrogens with zero attached hydrogens (tertiary/aromatic N) is 1. The second-order valence-electron chi connectivity index (χ2n) is 7.96. The third kappa shape index (κ3) is 6.37. The number of rotatable bonds is 8. The van der Waals surface area contributed by atoms with Crippen LogP contribution in [0.2, 0.25) is 10.0 Å². The Morgan fingerprint density at radius 2 is 1.84 bits per heavy atom. The van der Waals surface area contributed by atoms with E-state index in [4.69, 9.17) is 27.9 Å². The highest BCUT2D eigenvalue weighted by atomic mass is 35.5. The molecule has 0 heterocycles. The van der Waals surface area contributed by atoms with Crippen LogP contribution < -0.4 is 10.1 Å². The van der Waals surface area contributed by atoms with E-state index in [0.717, 1.165) is 36.8 Å². The van der Waals surface area contributed by atoms with E-state index < -0.39 is 6.04 Å². The summed E-state index contributed by atoms with van der Waals surface area (Å²) in [5.41, 5.74) is 1.64. The molecule has 1 aliphatic carbocycles. The number of carbonyl (C=O) groups excluding carboxylic acids is 2. The summed E-state index contributed by atoms with van der Waals surface area (Å²) < 4.78 is 5.30. The molecule has 5 nitrogen and oxygen atoms in total. The molecule has 2 aromatic rings. The lowest BCUT2D eigenvalue weighted by molar-refractivity contribution is -0.140. The second-order valence-corrected chi connectivity index (χ2v) is 8.78. The van der Waals surface area contributed by atoms with Crippen molar-refractivity contribution < 1.29 is 14.3 Å². The van der Waals surface area contributed by atoms with Gasteiger partial charge in [0.25, 0.3) is 0 Å². The first-order valence-corrected chi connectivity index (χ1v) is 11.3. The lowest BCUT2D eigenvalue weighted by atomic mass is 10.1. The third-order valence-corrected chi connectivity index (χ3v) is 6.43. The quantitative estimate of drug-likeness (QED) is 0.598. The molecule has 1 aliphatic rings. The number of hydrogen-bond acceptors (Lipinski definition) is 3. The molecule has 31 heavy (non-hydrogen) atoms. The van der Waals surface area contributed by atoms with Gasteiger partial charge in [0.1, 0.15) is 11.8 Å². The van der Waals surface area contributed by atoms with Crippen molar-refractivity contribution in [2.75, 3.05) is 7.11 Å². The average molecular weight is 463 g/mol. The smallest absolute Gasteiger partial charge is 0.242 e. The number of methoxy groups -OCH3 is 1. The van der Waals surface area contributed by atoms with Gasteiger partial charge in [-0.2, -0.15) is 0 Å². The van der Waals surface area contributed by atoms with Crippen LogP contribution in [0.25, 0.3) is 0 Å². The van der Waals surface area contributed by atoms with Gasteiger partial charge < -0.3 is 15.0 Å². The first-order valence-electron chi connectivity index (χ1n) is 10.5. The highest BCUT2D eigenvalue weighted by Crippen LogP contribution is 2.24. The van der Waals surface area contributed by atoms with Crippen LogP contribution >= 0.6 is 23.2 Å². The summed E-state index contributed by atoms with van der Waals surface area (Å²) in [5.74, 6) is 0.421. The van der Waals surface area contributed by atoms with Gasteiger partial charge in [-0.05, 0) is 55.2 Å². The van der Waals surface area contributed by atoms with Crippen LogP contribution in [0.5, 0.6) is 5.75 Å². The fourth-order valence-electron chi connectivity index (χ4n) is 3.87. The number of amides is 2. The van der Waals surface area contributed by atoms with Crippen molar-refractivity contribution in [2.45, 2.75) is 57.7 Å². The van der Waals surface area contributed by atoms with Gasteiger partial charge in [0.05, 0.1) is 23.6 Å². The van der Waals surface area contributed by atoms with Gasteiger partial charge in [-0.15, -0.1) is 0 Å². The summed E-state index contributed by atoms with van der Waals surface area (Å²) in [6.45, 7) is 2.08. The summed E-state index contributed by atoms with van der Waals surface area (Å²) in [4.78, 5) is 27.8.